The molecule has 1 aromatic carbocycles. The lowest BCUT2D eigenvalue weighted by Crippen LogP contribution is -1.96. The molecule has 2 aromatic rings. The third-order valence-corrected chi connectivity index (χ3v) is 3.13. The molecule has 0 saturated heterocycles. The molecule has 1 aliphatic carbocycles. The summed E-state index contributed by atoms with van der Waals surface area (Å²) in [5.74, 6) is 1.49. The minimum absolute atomic E-state index is 0.623. The average molecular weight is 214 g/mol. The first kappa shape index (κ1) is 9.46. The van der Waals surface area contributed by atoms with E-state index in [0.29, 0.717) is 5.92 Å². The van der Waals surface area contributed by atoms with Crippen LogP contribution in [0.1, 0.15) is 24.3 Å². The number of nitrogen functional groups attached to an aromatic ring is 1. The van der Waals surface area contributed by atoms with Crippen LogP contribution in [0.15, 0.2) is 24.4 Å². The van der Waals surface area contributed by atoms with Gasteiger partial charge in [-0.2, -0.15) is 0 Å². The summed E-state index contributed by atoms with van der Waals surface area (Å²) in [5.41, 5.74) is 9.08. The number of methoxy groups -OCH3 is 1. The topological polar surface area (TPSA) is 48.1 Å². The molecule has 0 atom stereocenters. The zero-order valence-corrected chi connectivity index (χ0v) is 9.23. The summed E-state index contributed by atoms with van der Waals surface area (Å²) in [6, 6.07) is 5.95. The van der Waals surface area contributed by atoms with Gasteiger partial charge in [-0.15, -0.1) is 0 Å². The van der Waals surface area contributed by atoms with Crippen molar-refractivity contribution in [2.24, 2.45) is 0 Å². The number of anilines is 1. The van der Waals surface area contributed by atoms with Crippen LogP contribution in [0.5, 0.6) is 5.75 Å². The third kappa shape index (κ3) is 1.40. The van der Waals surface area contributed by atoms with Crippen molar-refractivity contribution in [1.29, 1.82) is 0 Å². The molecule has 2 N–H and O–H groups in total. The largest absolute Gasteiger partial charge is 0.497 e. The standard InChI is InChI=1S/C13H14N2O/c1-16-9-4-5-12-10(6-9)13(8-2-3-8)11(14)7-15-12/h4-8H,2-3,14H2,1H3. The first-order valence-electron chi connectivity index (χ1n) is 5.51. The van der Waals surface area contributed by atoms with Gasteiger partial charge in [-0.05, 0) is 42.5 Å². The van der Waals surface area contributed by atoms with Crippen LogP contribution in [0.2, 0.25) is 0 Å². The summed E-state index contributed by atoms with van der Waals surface area (Å²) in [5, 5.41) is 1.14. The Morgan fingerprint density at radius 1 is 1.38 bits per heavy atom. The number of rotatable bonds is 2. The second-order valence-corrected chi connectivity index (χ2v) is 4.28. The van der Waals surface area contributed by atoms with Gasteiger partial charge in [0.25, 0.3) is 0 Å². The van der Waals surface area contributed by atoms with E-state index in [9.17, 15) is 0 Å². The number of nitrogens with two attached hydrogens (primary N) is 1. The molecule has 1 saturated carbocycles. The van der Waals surface area contributed by atoms with Crippen LogP contribution in [0.3, 0.4) is 0 Å². The van der Waals surface area contributed by atoms with Crippen LogP contribution >= 0.6 is 0 Å². The van der Waals surface area contributed by atoms with Crippen molar-refractivity contribution in [3.05, 3.63) is 30.0 Å². The molecular weight excluding hydrogens is 200 g/mol. The molecule has 0 unspecified atom stereocenters. The van der Waals surface area contributed by atoms with Gasteiger partial charge in [-0.1, -0.05) is 0 Å². The highest BCUT2D eigenvalue weighted by atomic mass is 16.5. The van der Waals surface area contributed by atoms with E-state index in [1.54, 1.807) is 13.3 Å². The monoisotopic (exact) mass is 214 g/mol. The Balaban J connectivity index is 2.30. The van der Waals surface area contributed by atoms with Gasteiger partial charge >= 0.3 is 0 Å². The maximum atomic E-state index is 6.02. The van der Waals surface area contributed by atoms with Crippen molar-refractivity contribution in [3.63, 3.8) is 0 Å². The van der Waals surface area contributed by atoms with Crippen LogP contribution in [-0.2, 0) is 0 Å². The van der Waals surface area contributed by atoms with Gasteiger partial charge in [0.15, 0.2) is 0 Å². The second-order valence-electron chi connectivity index (χ2n) is 4.28. The molecule has 3 heteroatoms. The van der Waals surface area contributed by atoms with E-state index in [-0.39, 0.29) is 0 Å². The van der Waals surface area contributed by atoms with E-state index in [4.69, 9.17) is 10.5 Å². The summed E-state index contributed by atoms with van der Waals surface area (Å²) in [4.78, 5) is 4.35. The number of hydrogen-bond acceptors (Lipinski definition) is 3. The first-order chi connectivity index (χ1) is 7.79. The Morgan fingerprint density at radius 2 is 2.19 bits per heavy atom. The zero-order valence-electron chi connectivity index (χ0n) is 9.23. The number of aromatic nitrogens is 1. The van der Waals surface area contributed by atoms with Crippen LogP contribution < -0.4 is 10.5 Å². The molecule has 82 valence electrons. The number of benzene rings is 1. The number of hydrogen-bond donors (Lipinski definition) is 1. The Morgan fingerprint density at radius 3 is 2.88 bits per heavy atom. The van der Waals surface area contributed by atoms with E-state index < -0.39 is 0 Å². The number of fused-ring (bicyclic) bond motifs is 1. The minimum Gasteiger partial charge on any atom is -0.497 e. The van der Waals surface area contributed by atoms with Gasteiger partial charge < -0.3 is 10.5 Å². The molecule has 1 aromatic heterocycles. The van der Waals surface area contributed by atoms with E-state index in [1.807, 2.05) is 18.2 Å². The predicted molar refractivity (Wildman–Crippen MR) is 64.7 cm³/mol. The minimum atomic E-state index is 0.623. The van der Waals surface area contributed by atoms with Crippen molar-refractivity contribution in [3.8, 4) is 5.75 Å². The smallest absolute Gasteiger partial charge is 0.119 e. The maximum absolute atomic E-state index is 6.02. The molecule has 0 bridgehead atoms. The first-order valence-corrected chi connectivity index (χ1v) is 5.51. The van der Waals surface area contributed by atoms with Crippen LogP contribution in [0.25, 0.3) is 10.9 Å². The summed E-state index contributed by atoms with van der Waals surface area (Å²) in [6.07, 6.45) is 4.24. The van der Waals surface area contributed by atoms with E-state index in [2.05, 4.69) is 4.98 Å². The molecule has 1 heterocycles. The molecular formula is C13H14N2O. The normalized spacial score (nSPS) is 15.3. The SMILES string of the molecule is COc1ccc2ncc(N)c(C3CC3)c2c1. The highest BCUT2D eigenvalue weighted by molar-refractivity contribution is 5.88. The lowest BCUT2D eigenvalue weighted by molar-refractivity contribution is 0.415. The third-order valence-electron chi connectivity index (χ3n) is 3.13. The van der Waals surface area contributed by atoms with Crippen molar-refractivity contribution < 1.29 is 4.74 Å². The van der Waals surface area contributed by atoms with E-state index in [1.165, 1.54) is 18.4 Å². The van der Waals surface area contributed by atoms with Crippen LogP contribution in [-0.4, -0.2) is 12.1 Å². The second kappa shape index (κ2) is 3.37. The van der Waals surface area contributed by atoms with Crippen molar-refractivity contribution in [2.45, 2.75) is 18.8 Å². The van der Waals surface area contributed by atoms with Crippen LogP contribution in [0, 0.1) is 0 Å². The summed E-state index contributed by atoms with van der Waals surface area (Å²) >= 11 is 0. The summed E-state index contributed by atoms with van der Waals surface area (Å²) in [7, 11) is 1.68. The maximum Gasteiger partial charge on any atom is 0.119 e. The molecule has 1 fully saturated rings. The van der Waals surface area contributed by atoms with Gasteiger partial charge in [-0.3, -0.25) is 4.98 Å². The van der Waals surface area contributed by atoms with Crippen molar-refractivity contribution in [2.75, 3.05) is 12.8 Å². The molecule has 0 amide bonds. The highest BCUT2D eigenvalue weighted by Crippen LogP contribution is 2.45. The highest BCUT2D eigenvalue weighted by Gasteiger charge is 2.27. The number of pyridine rings is 1. The molecule has 0 radical (unpaired) electrons. The Hall–Kier alpha value is -1.77. The fraction of sp³-hybridized carbons (Fsp3) is 0.308. The average Bonchev–Trinajstić information content (AvgIpc) is 3.12. The van der Waals surface area contributed by atoms with Gasteiger partial charge in [0.05, 0.1) is 24.5 Å². The fourth-order valence-corrected chi connectivity index (χ4v) is 2.16. The fourth-order valence-electron chi connectivity index (χ4n) is 2.16. The van der Waals surface area contributed by atoms with Gasteiger partial charge in [0.2, 0.25) is 0 Å². The van der Waals surface area contributed by atoms with Gasteiger partial charge in [-0.25, -0.2) is 0 Å². The molecule has 3 nitrogen and oxygen atoms in total. The quantitative estimate of drug-likeness (QED) is 0.836. The Kier molecular flexibility index (Phi) is 1.99. The molecule has 3 rings (SSSR count). The van der Waals surface area contributed by atoms with E-state index >= 15 is 0 Å². The Bertz CT molecular complexity index is 547. The molecule has 1 aliphatic rings. The number of nitrogens with zero attached hydrogens (tertiary/aromatic N) is 1. The lowest BCUT2D eigenvalue weighted by atomic mass is 10.0. The lowest BCUT2D eigenvalue weighted by Gasteiger charge is -2.09. The van der Waals surface area contributed by atoms with Gasteiger partial charge in [0, 0.05) is 5.39 Å². The molecule has 0 aliphatic heterocycles. The predicted octanol–water partition coefficient (Wildman–Crippen LogP) is 2.70. The van der Waals surface area contributed by atoms with Gasteiger partial charge in [0.1, 0.15) is 5.75 Å². The Labute approximate surface area is 94.2 Å². The summed E-state index contributed by atoms with van der Waals surface area (Å²) in [6.45, 7) is 0. The zero-order chi connectivity index (χ0) is 11.1. The van der Waals surface area contributed by atoms with Crippen molar-refractivity contribution >= 4 is 16.6 Å². The van der Waals surface area contributed by atoms with Crippen LogP contribution in [0.4, 0.5) is 5.69 Å². The molecule has 0 spiro atoms. The molecule has 16 heavy (non-hydrogen) atoms. The van der Waals surface area contributed by atoms with E-state index in [0.717, 1.165) is 22.3 Å². The summed E-state index contributed by atoms with van der Waals surface area (Å²) < 4.78 is 5.25. The van der Waals surface area contributed by atoms with Crippen molar-refractivity contribution in [1.82, 2.24) is 4.98 Å². The number of ether oxygens (including phenoxy) is 1.